The summed E-state index contributed by atoms with van der Waals surface area (Å²) in [5.74, 6) is 0.969. The molecule has 3 rings (SSSR count). The molecule has 1 aliphatic heterocycles. The third kappa shape index (κ3) is 2.07. The van der Waals surface area contributed by atoms with Crippen molar-refractivity contribution in [3.63, 3.8) is 0 Å². The number of nitrogens with two attached hydrogens (primary N) is 1. The van der Waals surface area contributed by atoms with E-state index < -0.39 is 0 Å². The summed E-state index contributed by atoms with van der Waals surface area (Å²) in [4.78, 5) is 2.40. The molecule has 1 atom stereocenters. The van der Waals surface area contributed by atoms with Gasteiger partial charge in [0.05, 0.1) is 12.3 Å². The number of fused-ring (bicyclic) bond motifs is 1. The van der Waals surface area contributed by atoms with Crippen molar-refractivity contribution in [3.8, 4) is 0 Å². The van der Waals surface area contributed by atoms with Crippen molar-refractivity contribution in [2.75, 3.05) is 13.1 Å². The fourth-order valence-electron chi connectivity index (χ4n) is 2.71. The fraction of sp³-hybridized carbons (Fsp3) is 0.333. The third-order valence-corrected chi connectivity index (χ3v) is 3.70. The Labute approximate surface area is 107 Å². The molecule has 18 heavy (non-hydrogen) atoms. The lowest BCUT2D eigenvalue weighted by atomic mass is 9.98. The summed E-state index contributed by atoms with van der Waals surface area (Å²) in [6.45, 7) is 2.59. The maximum atomic E-state index is 5.91. The summed E-state index contributed by atoms with van der Waals surface area (Å²) < 4.78 is 5.51. The first-order chi connectivity index (χ1) is 8.88. The van der Waals surface area contributed by atoms with Crippen LogP contribution < -0.4 is 5.73 Å². The monoisotopic (exact) mass is 242 g/mol. The minimum atomic E-state index is 0.188. The molecule has 3 heteroatoms. The zero-order valence-electron chi connectivity index (χ0n) is 10.4. The zero-order chi connectivity index (χ0) is 12.4. The first kappa shape index (κ1) is 11.5. The molecule has 0 saturated carbocycles. The topological polar surface area (TPSA) is 42.4 Å². The van der Waals surface area contributed by atoms with Crippen LogP contribution >= 0.6 is 0 Å². The van der Waals surface area contributed by atoms with Gasteiger partial charge in [-0.1, -0.05) is 24.3 Å². The Morgan fingerprint density at radius 1 is 1.17 bits per heavy atom. The zero-order valence-corrected chi connectivity index (χ0v) is 10.4. The summed E-state index contributed by atoms with van der Waals surface area (Å²) in [5, 5.41) is 0. The third-order valence-electron chi connectivity index (χ3n) is 3.70. The van der Waals surface area contributed by atoms with Crippen molar-refractivity contribution < 1.29 is 4.42 Å². The predicted octanol–water partition coefficient (Wildman–Crippen LogP) is 2.34. The molecule has 0 amide bonds. The number of rotatable bonds is 3. The molecule has 2 N–H and O–H groups in total. The Bertz CT molecular complexity index is 507. The minimum absolute atomic E-state index is 0.188. The molecule has 1 aromatic carbocycles. The molecule has 1 aromatic heterocycles. The van der Waals surface area contributed by atoms with Gasteiger partial charge in [0.15, 0.2) is 0 Å². The Morgan fingerprint density at radius 3 is 2.72 bits per heavy atom. The highest BCUT2D eigenvalue weighted by molar-refractivity contribution is 5.29. The summed E-state index contributed by atoms with van der Waals surface area (Å²) in [5.41, 5.74) is 8.79. The maximum absolute atomic E-state index is 5.91. The van der Waals surface area contributed by atoms with Gasteiger partial charge in [0.25, 0.3) is 0 Å². The van der Waals surface area contributed by atoms with Gasteiger partial charge in [-0.3, -0.25) is 4.90 Å². The van der Waals surface area contributed by atoms with Crippen LogP contribution in [0.15, 0.2) is 47.1 Å². The lowest BCUT2D eigenvalue weighted by molar-refractivity contribution is 0.163. The van der Waals surface area contributed by atoms with Crippen molar-refractivity contribution in [1.29, 1.82) is 0 Å². The molecule has 3 nitrogen and oxygen atoms in total. The molecule has 0 aliphatic carbocycles. The van der Waals surface area contributed by atoms with Gasteiger partial charge < -0.3 is 10.2 Å². The van der Waals surface area contributed by atoms with Crippen LogP contribution in [0.25, 0.3) is 0 Å². The van der Waals surface area contributed by atoms with Gasteiger partial charge in [-0.2, -0.15) is 0 Å². The van der Waals surface area contributed by atoms with Gasteiger partial charge in [0.2, 0.25) is 0 Å². The highest BCUT2D eigenvalue weighted by Gasteiger charge is 2.25. The lowest BCUT2D eigenvalue weighted by Crippen LogP contribution is -2.37. The van der Waals surface area contributed by atoms with Gasteiger partial charge in [0.1, 0.15) is 5.76 Å². The summed E-state index contributed by atoms with van der Waals surface area (Å²) >= 11 is 0. The van der Waals surface area contributed by atoms with Crippen LogP contribution in [-0.4, -0.2) is 18.0 Å². The van der Waals surface area contributed by atoms with E-state index in [0.29, 0.717) is 6.54 Å². The van der Waals surface area contributed by atoms with Gasteiger partial charge in [-0.15, -0.1) is 0 Å². The normalized spacial score (nSPS) is 17.4. The van der Waals surface area contributed by atoms with Crippen LogP contribution in [0.5, 0.6) is 0 Å². The van der Waals surface area contributed by atoms with Crippen LogP contribution in [0, 0.1) is 0 Å². The quantitative estimate of drug-likeness (QED) is 0.898. The van der Waals surface area contributed by atoms with Crippen molar-refractivity contribution in [1.82, 2.24) is 4.90 Å². The summed E-state index contributed by atoms with van der Waals surface area (Å²) in [7, 11) is 0. The number of nitrogens with zero attached hydrogens (tertiary/aromatic N) is 1. The standard InChI is InChI=1S/C15H18N2O/c16-10-14(15-6-3-9-18-15)17-8-7-12-4-1-2-5-13(12)11-17/h1-6,9,14H,7-8,10-11,16H2. The van der Waals surface area contributed by atoms with E-state index in [1.165, 1.54) is 11.1 Å². The van der Waals surface area contributed by atoms with Crippen LogP contribution in [0.2, 0.25) is 0 Å². The van der Waals surface area contributed by atoms with E-state index in [4.69, 9.17) is 10.2 Å². The van der Waals surface area contributed by atoms with Crippen LogP contribution in [0.3, 0.4) is 0 Å². The minimum Gasteiger partial charge on any atom is -0.468 e. The van der Waals surface area contributed by atoms with E-state index in [2.05, 4.69) is 29.2 Å². The van der Waals surface area contributed by atoms with E-state index in [1.807, 2.05) is 12.1 Å². The fourth-order valence-corrected chi connectivity index (χ4v) is 2.71. The van der Waals surface area contributed by atoms with Gasteiger partial charge in [0, 0.05) is 19.6 Å². The predicted molar refractivity (Wildman–Crippen MR) is 71.1 cm³/mol. The van der Waals surface area contributed by atoms with Gasteiger partial charge >= 0.3 is 0 Å². The SMILES string of the molecule is NCC(c1ccco1)N1CCc2ccccc2C1. The first-order valence-corrected chi connectivity index (χ1v) is 6.43. The van der Waals surface area contributed by atoms with Crippen molar-refractivity contribution in [3.05, 3.63) is 59.5 Å². The van der Waals surface area contributed by atoms with Crippen molar-refractivity contribution in [2.24, 2.45) is 5.73 Å². The average Bonchev–Trinajstić information content (AvgIpc) is 2.93. The second kappa shape index (κ2) is 4.96. The molecule has 1 aliphatic rings. The Morgan fingerprint density at radius 2 is 2.00 bits per heavy atom. The van der Waals surface area contributed by atoms with E-state index in [0.717, 1.165) is 25.3 Å². The van der Waals surface area contributed by atoms with E-state index in [1.54, 1.807) is 6.26 Å². The molecule has 0 bridgehead atoms. The Kier molecular flexibility index (Phi) is 3.17. The van der Waals surface area contributed by atoms with E-state index in [9.17, 15) is 0 Å². The van der Waals surface area contributed by atoms with Gasteiger partial charge in [-0.25, -0.2) is 0 Å². The second-order valence-corrected chi connectivity index (χ2v) is 4.76. The molecular weight excluding hydrogens is 224 g/mol. The number of hydrogen-bond donors (Lipinski definition) is 1. The van der Waals surface area contributed by atoms with Gasteiger partial charge in [-0.05, 0) is 29.7 Å². The van der Waals surface area contributed by atoms with Crippen LogP contribution in [0.4, 0.5) is 0 Å². The summed E-state index contributed by atoms with van der Waals surface area (Å²) in [6.07, 6.45) is 2.81. The van der Waals surface area contributed by atoms with Crippen molar-refractivity contribution in [2.45, 2.75) is 19.0 Å². The Balaban J connectivity index is 1.82. The number of furan rings is 1. The van der Waals surface area contributed by atoms with Crippen LogP contribution in [-0.2, 0) is 13.0 Å². The molecule has 1 unspecified atom stereocenters. The molecule has 0 radical (unpaired) electrons. The molecular formula is C15H18N2O. The highest BCUT2D eigenvalue weighted by atomic mass is 16.3. The molecule has 94 valence electrons. The highest BCUT2D eigenvalue weighted by Crippen LogP contribution is 2.27. The molecule has 0 fully saturated rings. The van der Waals surface area contributed by atoms with Crippen molar-refractivity contribution >= 4 is 0 Å². The van der Waals surface area contributed by atoms with Crippen LogP contribution in [0.1, 0.15) is 22.9 Å². The van der Waals surface area contributed by atoms with E-state index >= 15 is 0 Å². The summed E-state index contributed by atoms with van der Waals surface area (Å²) in [6, 6.07) is 12.8. The molecule has 2 aromatic rings. The Hall–Kier alpha value is -1.58. The molecule has 2 heterocycles. The van der Waals surface area contributed by atoms with E-state index in [-0.39, 0.29) is 6.04 Å². The largest absolute Gasteiger partial charge is 0.468 e. The number of benzene rings is 1. The maximum Gasteiger partial charge on any atom is 0.122 e. The average molecular weight is 242 g/mol. The molecule has 0 spiro atoms. The number of hydrogen-bond acceptors (Lipinski definition) is 3. The lowest BCUT2D eigenvalue weighted by Gasteiger charge is -2.33. The smallest absolute Gasteiger partial charge is 0.122 e. The second-order valence-electron chi connectivity index (χ2n) is 4.76. The molecule has 0 saturated heterocycles. The first-order valence-electron chi connectivity index (χ1n) is 6.43.